The van der Waals surface area contributed by atoms with Crippen LogP contribution in [-0.2, 0) is 13.1 Å². The fourth-order valence-electron chi connectivity index (χ4n) is 1.59. The number of hydrogen-bond donors (Lipinski definition) is 1. The molecule has 3 nitrogen and oxygen atoms in total. The Balaban J connectivity index is 2.55. The third-order valence-corrected chi connectivity index (χ3v) is 2.49. The molecule has 1 aromatic rings. The van der Waals surface area contributed by atoms with Crippen LogP contribution in [0.4, 0.5) is 0 Å². The standard InChI is InChI=1S/C12H23N3/c1-5-6-13-7-12-8-14-15(11(12)4)9-10(2)3/h8,10,13H,5-7,9H2,1-4H3. The topological polar surface area (TPSA) is 29.9 Å². The highest BCUT2D eigenvalue weighted by atomic mass is 15.3. The first-order valence-corrected chi connectivity index (χ1v) is 5.87. The molecule has 0 amide bonds. The molecule has 0 bridgehead atoms. The number of rotatable bonds is 6. The molecule has 1 N–H and O–H groups in total. The van der Waals surface area contributed by atoms with Crippen LogP contribution in [0.1, 0.15) is 38.4 Å². The minimum absolute atomic E-state index is 0.653. The number of nitrogens with one attached hydrogen (secondary N) is 1. The summed E-state index contributed by atoms with van der Waals surface area (Å²) in [7, 11) is 0. The van der Waals surface area contributed by atoms with Crippen molar-refractivity contribution in [1.29, 1.82) is 0 Å². The zero-order chi connectivity index (χ0) is 11.3. The average Bonchev–Trinajstić information content (AvgIpc) is 2.49. The van der Waals surface area contributed by atoms with Gasteiger partial charge in [-0.2, -0.15) is 5.10 Å². The summed E-state index contributed by atoms with van der Waals surface area (Å²) in [6.07, 6.45) is 3.17. The van der Waals surface area contributed by atoms with E-state index in [1.165, 1.54) is 17.7 Å². The molecule has 0 radical (unpaired) electrons. The Bertz CT molecular complexity index is 289. The van der Waals surface area contributed by atoms with Gasteiger partial charge in [-0.25, -0.2) is 0 Å². The van der Waals surface area contributed by atoms with Gasteiger partial charge in [-0.1, -0.05) is 20.8 Å². The third kappa shape index (κ3) is 3.67. The zero-order valence-electron chi connectivity index (χ0n) is 10.4. The van der Waals surface area contributed by atoms with Gasteiger partial charge >= 0.3 is 0 Å². The van der Waals surface area contributed by atoms with Crippen molar-refractivity contribution < 1.29 is 0 Å². The van der Waals surface area contributed by atoms with Crippen LogP contribution in [0.5, 0.6) is 0 Å². The maximum absolute atomic E-state index is 4.41. The lowest BCUT2D eigenvalue weighted by Gasteiger charge is -2.08. The third-order valence-electron chi connectivity index (χ3n) is 2.49. The first-order chi connectivity index (χ1) is 7.15. The van der Waals surface area contributed by atoms with Crippen LogP contribution in [0.2, 0.25) is 0 Å². The summed E-state index contributed by atoms with van der Waals surface area (Å²) < 4.78 is 2.10. The van der Waals surface area contributed by atoms with E-state index in [-0.39, 0.29) is 0 Å². The molecule has 0 fully saturated rings. The largest absolute Gasteiger partial charge is 0.313 e. The molecular weight excluding hydrogens is 186 g/mol. The van der Waals surface area contributed by atoms with Gasteiger partial charge in [-0.05, 0) is 25.8 Å². The Morgan fingerprint density at radius 1 is 1.47 bits per heavy atom. The van der Waals surface area contributed by atoms with Crippen LogP contribution in [0.3, 0.4) is 0 Å². The molecule has 1 heterocycles. The lowest BCUT2D eigenvalue weighted by molar-refractivity contribution is 0.474. The van der Waals surface area contributed by atoms with Crippen molar-refractivity contribution in [2.75, 3.05) is 6.54 Å². The first kappa shape index (κ1) is 12.2. The average molecular weight is 209 g/mol. The predicted octanol–water partition coefficient (Wildman–Crippen LogP) is 2.35. The number of aromatic nitrogens is 2. The maximum Gasteiger partial charge on any atom is 0.0537 e. The Morgan fingerprint density at radius 2 is 2.20 bits per heavy atom. The summed E-state index contributed by atoms with van der Waals surface area (Å²) in [5.41, 5.74) is 2.62. The van der Waals surface area contributed by atoms with Crippen molar-refractivity contribution in [2.24, 2.45) is 5.92 Å². The first-order valence-electron chi connectivity index (χ1n) is 5.87. The van der Waals surface area contributed by atoms with Crippen molar-refractivity contribution in [1.82, 2.24) is 15.1 Å². The normalized spacial score (nSPS) is 11.3. The Kier molecular flexibility index (Phi) is 4.82. The lowest BCUT2D eigenvalue weighted by Crippen LogP contribution is -2.14. The SMILES string of the molecule is CCCNCc1cnn(CC(C)C)c1C. The Hall–Kier alpha value is -0.830. The smallest absolute Gasteiger partial charge is 0.0537 e. The summed E-state index contributed by atoms with van der Waals surface area (Å²) in [6, 6.07) is 0. The highest BCUT2D eigenvalue weighted by Crippen LogP contribution is 2.09. The minimum Gasteiger partial charge on any atom is -0.313 e. The van der Waals surface area contributed by atoms with Crippen LogP contribution in [-0.4, -0.2) is 16.3 Å². The summed E-state index contributed by atoms with van der Waals surface area (Å²) in [5.74, 6) is 0.653. The van der Waals surface area contributed by atoms with E-state index in [9.17, 15) is 0 Å². The lowest BCUT2D eigenvalue weighted by atomic mass is 10.2. The highest BCUT2D eigenvalue weighted by Gasteiger charge is 2.06. The molecule has 1 rings (SSSR count). The molecule has 0 saturated heterocycles. The van der Waals surface area contributed by atoms with Crippen molar-refractivity contribution in [3.05, 3.63) is 17.5 Å². The van der Waals surface area contributed by atoms with Gasteiger partial charge in [-0.15, -0.1) is 0 Å². The maximum atomic E-state index is 4.41. The second kappa shape index (κ2) is 5.91. The van der Waals surface area contributed by atoms with E-state index in [0.29, 0.717) is 5.92 Å². The van der Waals surface area contributed by atoms with Crippen LogP contribution in [0.15, 0.2) is 6.20 Å². The molecule has 0 unspecified atom stereocenters. The zero-order valence-corrected chi connectivity index (χ0v) is 10.4. The van der Waals surface area contributed by atoms with Crippen LogP contribution < -0.4 is 5.32 Å². The van der Waals surface area contributed by atoms with E-state index in [4.69, 9.17) is 0 Å². The van der Waals surface area contributed by atoms with Gasteiger partial charge in [0.25, 0.3) is 0 Å². The molecule has 0 saturated carbocycles. The Morgan fingerprint density at radius 3 is 2.80 bits per heavy atom. The van der Waals surface area contributed by atoms with Crippen LogP contribution in [0.25, 0.3) is 0 Å². The van der Waals surface area contributed by atoms with Gasteiger partial charge in [0.15, 0.2) is 0 Å². The van der Waals surface area contributed by atoms with Gasteiger partial charge in [0, 0.05) is 24.3 Å². The molecular formula is C12H23N3. The van der Waals surface area contributed by atoms with Gasteiger partial charge in [0.1, 0.15) is 0 Å². The second-order valence-electron chi connectivity index (χ2n) is 4.51. The summed E-state index contributed by atoms with van der Waals surface area (Å²) >= 11 is 0. The number of nitrogens with zero attached hydrogens (tertiary/aromatic N) is 2. The molecule has 15 heavy (non-hydrogen) atoms. The molecule has 1 aromatic heterocycles. The van der Waals surface area contributed by atoms with E-state index in [2.05, 4.69) is 42.8 Å². The predicted molar refractivity (Wildman–Crippen MR) is 63.8 cm³/mol. The van der Waals surface area contributed by atoms with Gasteiger partial charge in [0.2, 0.25) is 0 Å². The molecule has 3 heteroatoms. The van der Waals surface area contributed by atoms with Crippen molar-refractivity contribution >= 4 is 0 Å². The van der Waals surface area contributed by atoms with Crippen molar-refractivity contribution in [3.63, 3.8) is 0 Å². The molecule has 0 aliphatic carbocycles. The molecule has 86 valence electrons. The van der Waals surface area contributed by atoms with Gasteiger partial charge in [-0.3, -0.25) is 4.68 Å². The summed E-state index contributed by atoms with van der Waals surface area (Å²) in [6.45, 7) is 11.8. The fraction of sp³-hybridized carbons (Fsp3) is 0.750. The van der Waals surface area contributed by atoms with E-state index in [1.54, 1.807) is 0 Å². The van der Waals surface area contributed by atoms with Gasteiger partial charge < -0.3 is 5.32 Å². The van der Waals surface area contributed by atoms with E-state index < -0.39 is 0 Å². The van der Waals surface area contributed by atoms with E-state index in [1.807, 2.05) is 6.20 Å². The number of hydrogen-bond acceptors (Lipinski definition) is 2. The fourth-order valence-corrected chi connectivity index (χ4v) is 1.59. The highest BCUT2D eigenvalue weighted by molar-refractivity contribution is 5.15. The van der Waals surface area contributed by atoms with Crippen LogP contribution >= 0.6 is 0 Å². The van der Waals surface area contributed by atoms with Gasteiger partial charge in [0.05, 0.1) is 6.20 Å². The van der Waals surface area contributed by atoms with Crippen molar-refractivity contribution in [3.8, 4) is 0 Å². The second-order valence-corrected chi connectivity index (χ2v) is 4.51. The molecule has 0 atom stereocenters. The quantitative estimate of drug-likeness (QED) is 0.729. The summed E-state index contributed by atoms with van der Waals surface area (Å²) in [4.78, 5) is 0. The summed E-state index contributed by atoms with van der Waals surface area (Å²) in [5, 5.41) is 7.82. The molecule has 0 aliphatic heterocycles. The van der Waals surface area contributed by atoms with Crippen LogP contribution in [0, 0.1) is 12.8 Å². The minimum atomic E-state index is 0.653. The molecule has 0 aromatic carbocycles. The Labute approximate surface area is 92.9 Å². The van der Waals surface area contributed by atoms with Crippen molar-refractivity contribution in [2.45, 2.75) is 47.2 Å². The van der Waals surface area contributed by atoms with E-state index >= 15 is 0 Å². The molecule has 0 spiro atoms. The van der Waals surface area contributed by atoms with E-state index in [0.717, 1.165) is 19.6 Å². The molecule has 0 aliphatic rings. The monoisotopic (exact) mass is 209 g/mol.